The average molecular weight is 1970 g/mol. The first-order valence-electron chi connectivity index (χ1n) is 38.0. The van der Waals surface area contributed by atoms with Crippen LogP contribution in [0.25, 0.3) is 105 Å². The van der Waals surface area contributed by atoms with Gasteiger partial charge in [-0.3, -0.25) is 19.0 Å². The Labute approximate surface area is 725 Å². The van der Waals surface area contributed by atoms with E-state index in [4.69, 9.17) is 4.98 Å². The Hall–Kier alpha value is -12.4. The van der Waals surface area contributed by atoms with Gasteiger partial charge in [-0.25, -0.2) is 5.10 Å². The van der Waals surface area contributed by atoms with Crippen molar-refractivity contribution in [3.05, 3.63) is 360 Å². The number of anilines is 8. The fraction of sp³-hybridized carbons (Fsp3) is 0.0211. The molecule has 566 valence electrons. The number of thiazole rings is 1. The van der Waals surface area contributed by atoms with Crippen molar-refractivity contribution in [2.75, 3.05) is 38.3 Å². The molecule has 8 aliphatic heterocycles. The summed E-state index contributed by atoms with van der Waals surface area (Å²) < 4.78 is 6.77. The SMILES string of the molecule is CN1C=CN(c2[c-]c3c(cc2)-c2ccccc2B2c4ccccc4-c4ccc(-n5cccn5)[c-]c4N23)[CH-]1.CN1[CH-]N(c2[c-]c3c(cc2)-c2ccccc2N2B3c3[c-]c(-c4nc5ccccc5s4)ccc3-c3ccccc32)C=N1.[Pd].[Pt+2].[Pt].[c-]1c(-n2cccn2)ccc2c1N1B(c3ccccc3-2)c2ccccc2-c2ccc(-n3cccn3)[c-]c21. The van der Waals surface area contributed by atoms with Crippen LogP contribution in [0.5, 0.6) is 0 Å². The smallest absolute Gasteiger partial charge is 0.510 e. The van der Waals surface area contributed by atoms with Gasteiger partial charge < -0.3 is 34.1 Å². The van der Waals surface area contributed by atoms with Gasteiger partial charge >= 0.3 is 34.8 Å². The van der Waals surface area contributed by atoms with Crippen LogP contribution < -0.4 is 57.0 Å². The number of fused-ring (bicyclic) bond motifs is 34. The summed E-state index contributed by atoms with van der Waals surface area (Å²) in [6.07, 6.45) is 17.2. The predicted molar refractivity (Wildman–Crippen MR) is 462 cm³/mol. The van der Waals surface area contributed by atoms with E-state index in [2.05, 4.69) is 326 Å². The van der Waals surface area contributed by atoms with E-state index >= 15 is 0 Å². The number of nitrogens with zero attached hydrogens (tertiary/aromatic N) is 15. The summed E-state index contributed by atoms with van der Waals surface area (Å²) in [6, 6.07) is 115. The van der Waals surface area contributed by atoms with Gasteiger partial charge in [0.1, 0.15) is 0 Å². The van der Waals surface area contributed by atoms with Gasteiger partial charge in [0.25, 0.3) is 6.85 Å². The van der Waals surface area contributed by atoms with Crippen molar-refractivity contribution in [2.24, 2.45) is 5.10 Å². The van der Waals surface area contributed by atoms with Gasteiger partial charge in [0.05, 0.1) is 11.9 Å². The minimum atomic E-state index is -0.101. The number of hydrazone groups is 1. The van der Waals surface area contributed by atoms with E-state index in [9.17, 15) is 0 Å². The first kappa shape index (κ1) is 73.5. The molecule has 0 bridgehead atoms. The second-order valence-corrected chi connectivity index (χ2v) is 30.2. The van der Waals surface area contributed by atoms with Gasteiger partial charge in [-0.2, -0.15) is 75.2 Å². The van der Waals surface area contributed by atoms with Crippen molar-refractivity contribution in [1.82, 2.24) is 44.2 Å². The van der Waals surface area contributed by atoms with E-state index in [-0.39, 0.29) is 83.1 Å². The minimum absolute atomic E-state index is 0. The average Bonchev–Trinajstić information content (AvgIpc) is 1.22. The first-order valence-corrected chi connectivity index (χ1v) is 38.8. The molecule has 0 spiro atoms. The molecule has 0 aliphatic carbocycles. The zero-order valence-corrected chi connectivity index (χ0v) is 69.4. The molecule has 15 nitrogen and oxygen atoms in total. The fourth-order valence-electron chi connectivity index (χ4n) is 17.8. The molecule has 12 heterocycles. The Morgan fingerprint density at radius 1 is 0.350 bits per heavy atom. The standard InChI is InChI=1S/C34H21BN5S.C31H21BN5.C30H18BN5.Pd.2Pt/c1-38-21-39(20-36-38)23-15-17-25-27-9-3-6-12-32(27)40-31-11-5-2-8-26(31)24-16-14-22(18-28(24)35(40)29(25)19-23)34-37-30-10-4-7-13-33(30)41-34;1-34-17-18-35(21-34)22-11-13-26-24-7-2-4-9-28(24)32-29-10-5-3-8-25(29)27-14-12-23(36-16-6-15-33-36)20-31(27)37(32)30(26)19-22;1-3-9-27-23(7-1)25-13-11-21(34-17-5-15-32-34)19-29(25)36-30-20-22(35-18-6-16-33-35)12-14-26(30)24-8-2-4-10-28(24)31(27)36;;;/h2-17,20-21H,1H3;2-18,21H,1H3;1-18H;;;/q2*-3;-2;;;+2. The van der Waals surface area contributed by atoms with Crippen LogP contribution in [0.1, 0.15) is 0 Å². The van der Waals surface area contributed by atoms with Crippen molar-refractivity contribution < 1.29 is 62.6 Å². The van der Waals surface area contributed by atoms with Crippen LogP contribution >= 0.6 is 11.3 Å². The number of benzene rings is 13. The van der Waals surface area contributed by atoms with E-state index in [1.807, 2.05) is 100 Å². The second kappa shape index (κ2) is 29.7. The third-order valence-corrected chi connectivity index (χ3v) is 23.8. The number of aromatic nitrogens is 7. The first-order chi connectivity index (χ1) is 56.3. The van der Waals surface area contributed by atoms with Crippen LogP contribution in [0.15, 0.2) is 316 Å². The zero-order valence-electron chi connectivity index (χ0n) is 62.5. The summed E-state index contributed by atoms with van der Waals surface area (Å²) in [4.78, 5) is 18.4. The predicted octanol–water partition coefficient (Wildman–Crippen LogP) is 15.6. The second-order valence-electron chi connectivity index (χ2n) is 29.1. The molecule has 117 heavy (non-hydrogen) atoms. The normalized spacial score (nSPS) is 13.7. The molecule has 17 aromatic rings. The van der Waals surface area contributed by atoms with Crippen molar-refractivity contribution in [1.29, 1.82) is 0 Å². The van der Waals surface area contributed by atoms with Crippen molar-refractivity contribution >= 4 is 127 Å². The number of hydrogen-bond donors (Lipinski definition) is 0. The van der Waals surface area contributed by atoms with E-state index in [1.165, 1.54) is 93.6 Å². The number of rotatable bonds is 6. The summed E-state index contributed by atoms with van der Waals surface area (Å²) in [5.74, 6) is 0. The molecule has 0 amide bonds. The van der Waals surface area contributed by atoms with Gasteiger partial charge in [-0.15, -0.1) is 135 Å². The molecule has 0 fully saturated rings. The molecule has 0 unspecified atom stereocenters. The molecule has 25 rings (SSSR count). The van der Waals surface area contributed by atoms with E-state index in [0.29, 0.717) is 0 Å². The van der Waals surface area contributed by atoms with Crippen molar-refractivity contribution in [3.8, 4) is 94.4 Å². The summed E-state index contributed by atoms with van der Waals surface area (Å²) >= 11 is 1.72. The Kier molecular flexibility index (Phi) is 18.7. The summed E-state index contributed by atoms with van der Waals surface area (Å²) in [7, 11) is 3.96. The quantitative estimate of drug-likeness (QED) is 0.117. The molecule has 0 saturated carbocycles. The third-order valence-electron chi connectivity index (χ3n) is 22.7. The molecule has 22 heteroatoms. The van der Waals surface area contributed by atoms with Crippen LogP contribution in [-0.4, -0.2) is 85.2 Å². The number of hydrogen-bond acceptors (Lipinski definition) is 13. The van der Waals surface area contributed by atoms with Crippen LogP contribution in [0.4, 0.5) is 45.5 Å². The largest absolute Gasteiger partial charge is 2.00 e. The summed E-state index contributed by atoms with van der Waals surface area (Å²) in [5, 5.41) is 20.6. The fourth-order valence-corrected chi connectivity index (χ4v) is 18.7. The van der Waals surface area contributed by atoms with E-state index in [0.717, 1.165) is 89.3 Å². The maximum Gasteiger partial charge on any atom is 2.00 e. The Bertz CT molecular complexity index is 6660. The Balaban J connectivity index is 0.000000112. The van der Waals surface area contributed by atoms with Gasteiger partial charge in [0.15, 0.2) is 0 Å². The van der Waals surface area contributed by atoms with Gasteiger partial charge in [0, 0.05) is 99.8 Å². The molecule has 0 atom stereocenters. The topological polar surface area (TPSA) is 101 Å². The maximum atomic E-state index is 4.97. The van der Waals surface area contributed by atoms with Crippen LogP contribution in [-0.2, 0) is 62.6 Å². The molecule has 0 N–H and O–H groups in total. The van der Waals surface area contributed by atoms with Gasteiger partial charge in [-0.1, -0.05) is 218 Å². The molecule has 4 aromatic heterocycles. The van der Waals surface area contributed by atoms with E-state index < -0.39 is 0 Å². The Morgan fingerprint density at radius 3 is 1.19 bits per heavy atom. The van der Waals surface area contributed by atoms with E-state index in [1.54, 1.807) is 34.9 Å². The van der Waals surface area contributed by atoms with Crippen LogP contribution in [0.2, 0.25) is 0 Å². The summed E-state index contributed by atoms with van der Waals surface area (Å²) in [6.45, 7) is 3.95. The molecule has 0 saturated heterocycles. The zero-order chi connectivity index (χ0) is 75.2. The monoisotopic (exact) mass is 1970 g/mol. The summed E-state index contributed by atoms with van der Waals surface area (Å²) in [5.41, 5.74) is 35.1. The maximum absolute atomic E-state index is 4.97. The van der Waals surface area contributed by atoms with Crippen LogP contribution in [0, 0.1) is 49.7 Å². The van der Waals surface area contributed by atoms with Crippen LogP contribution in [0.3, 0.4) is 0 Å². The van der Waals surface area contributed by atoms with Gasteiger partial charge in [-0.05, 0) is 91.6 Å². The number of para-hydroxylation sites is 3. The molecule has 13 aromatic carbocycles. The molecule has 0 radical (unpaired) electrons. The molecule has 8 aliphatic rings. The Morgan fingerprint density at radius 2 is 0.752 bits per heavy atom. The van der Waals surface area contributed by atoms with Crippen molar-refractivity contribution in [3.63, 3.8) is 0 Å². The minimum Gasteiger partial charge on any atom is -0.510 e. The molecular weight excluding hydrogens is 1910 g/mol. The van der Waals surface area contributed by atoms with Gasteiger partial charge in [0.2, 0.25) is 0 Å². The molecular formula is C95H60B3N15PdPt2S-6. The van der Waals surface area contributed by atoms with Crippen molar-refractivity contribution in [2.45, 2.75) is 0 Å². The third kappa shape index (κ3) is 12.1.